The van der Waals surface area contributed by atoms with E-state index in [0.717, 1.165) is 6.07 Å². The molecule has 1 aromatic carbocycles. The standard InChI is InChI=1S/C16H24F3N3O2/c1-5-15(24,6-2)10-20-14(23)21-13-8-7-11(22(3)4)9-12(13)16(17,18)19/h7-9,24H,5-6,10H2,1-4H3,(H2,20,21,23). The number of aliphatic hydroxyl groups is 1. The van der Waals surface area contributed by atoms with Gasteiger partial charge in [-0.15, -0.1) is 0 Å². The Morgan fingerprint density at radius 1 is 1.21 bits per heavy atom. The summed E-state index contributed by atoms with van der Waals surface area (Å²) in [5, 5.41) is 14.7. The number of rotatable bonds is 6. The molecule has 0 heterocycles. The van der Waals surface area contributed by atoms with Gasteiger partial charge in [-0.05, 0) is 31.0 Å². The maximum absolute atomic E-state index is 13.2. The molecule has 0 aliphatic heterocycles. The van der Waals surface area contributed by atoms with Crippen molar-refractivity contribution in [1.29, 1.82) is 0 Å². The van der Waals surface area contributed by atoms with Crippen LogP contribution in [0.4, 0.5) is 29.3 Å². The van der Waals surface area contributed by atoms with Crippen LogP contribution in [0.25, 0.3) is 0 Å². The summed E-state index contributed by atoms with van der Waals surface area (Å²) in [7, 11) is 3.26. The first-order valence-corrected chi connectivity index (χ1v) is 7.68. The average molecular weight is 347 g/mol. The predicted molar refractivity (Wildman–Crippen MR) is 88.3 cm³/mol. The number of urea groups is 1. The van der Waals surface area contributed by atoms with Crippen molar-refractivity contribution in [3.8, 4) is 0 Å². The maximum Gasteiger partial charge on any atom is 0.418 e. The van der Waals surface area contributed by atoms with Gasteiger partial charge in [0.1, 0.15) is 0 Å². The summed E-state index contributed by atoms with van der Waals surface area (Å²) < 4.78 is 39.6. The van der Waals surface area contributed by atoms with Crippen molar-refractivity contribution in [2.45, 2.75) is 38.5 Å². The summed E-state index contributed by atoms with van der Waals surface area (Å²) >= 11 is 0. The number of nitrogens with one attached hydrogen (secondary N) is 2. The Kier molecular flexibility index (Phi) is 6.48. The fourth-order valence-corrected chi connectivity index (χ4v) is 2.07. The third-order valence-corrected chi connectivity index (χ3v) is 3.97. The zero-order chi connectivity index (χ0) is 18.5. The number of carbonyl (C=O) groups excluding carboxylic acids is 1. The molecule has 8 heteroatoms. The van der Waals surface area contributed by atoms with Crippen LogP contribution in [0.3, 0.4) is 0 Å². The van der Waals surface area contributed by atoms with Crippen molar-refractivity contribution in [2.75, 3.05) is 30.9 Å². The van der Waals surface area contributed by atoms with E-state index in [0.29, 0.717) is 18.5 Å². The minimum absolute atomic E-state index is 0.0387. The van der Waals surface area contributed by atoms with Gasteiger partial charge < -0.3 is 20.6 Å². The molecule has 5 nitrogen and oxygen atoms in total. The van der Waals surface area contributed by atoms with Crippen molar-refractivity contribution in [3.05, 3.63) is 23.8 Å². The van der Waals surface area contributed by atoms with Crippen LogP contribution in [-0.4, -0.2) is 37.4 Å². The van der Waals surface area contributed by atoms with Crippen LogP contribution in [0.15, 0.2) is 18.2 Å². The molecule has 0 bridgehead atoms. The lowest BCUT2D eigenvalue weighted by atomic mass is 9.98. The van der Waals surface area contributed by atoms with Crippen molar-refractivity contribution >= 4 is 17.4 Å². The summed E-state index contributed by atoms with van der Waals surface area (Å²) in [5.41, 5.74) is -1.95. The molecule has 1 aromatic rings. The molecule has 0 unspecified atom stereocenters. The van der Waals surface area contributed by atoms with Gasteiger partial charge >= 0.3 is 12.2 Å². The number of alkyl halides is 3. The van der Waals surface area contributed by atoms with Crippen LogP contribution < -0.4 is 15.5 Å². The normalized spacial score (nSPS) is 12.0. The second-order valence-electron chi connectivity index (χ2n) is 5.86. The van der Waals surface area contributed by atoms with E-state index in [1.54, 1.807) is 32.8 Å². The van der Waals surface area contributed by atoms with E-state index in [2.05, 4.69) is 10.6 Å². The van der Waals surface area contributed by atoms with E-state index in [-0.39, 0.29) is 12.2 Å². The number of halogens is 3. The maximum atomic E-state index is 13.2. The lowest BCUT2D eigenvalue weighted by Gasteiger charge is -2.25. The molecule has 0 spiro atoms. The van der Waals surface area contributed by atoms with E-state index < -0.39 is 23.4 Å². The second kappa shape index (κ2) is 7.74. The second-order valence-corrected chi connectivity index (χ2v) is 5.86. The van der Waals surface area contributed by atoms with Crippen LogP contribution in [0.1, 0.15) is 32.3 Å². The molecule has 2 amide bonds. The molecule has 1 rings (SSSR count). The van der Waals surface area contributed by atoms with E-state index in [1.165, 1.54) is 12.1 Å². The number of anilines is 2. The predicted octanol–water partition coefficient (Wildman–Crippen LogP) is 3.44. The molecule has 0 radical (unpaired) electrons. The van der Waals surface area contributed by atoms with E-state index in [1.807, 2.05) is 0 Å². The molecular weight excluding hydrogens is 323 g/mol. The van der Waals surface area contributed by atoms with Crippen LogP contribution in [0, 0.1) is 0 Å². The summed E-state index contributed by atoms with van der Waals surface area (Å²) in [6.45, 7) is 3.50. The van der Waals surface area contributed by atoms with E-state index in [4.69, 9.17) is 0 Å². The fraction of sp³-hybridized carbons (Fsp3) is 0.562. The molecule has 3 N–H and O–H groups in total. The summed E-state index contributed by atoms with van der Waals surface area (Å²) in [4.78, 5) is 13.4. The average Bonchev–Trinajstić information content (AvgIpc) is 2.51. The van der Waals surface area contributed by atoms with Gasteiger partial charge in [0.25, 0.3) is 0 Å². The Morgan fingerprint density at radius 3 is 2.25 bits per heavy atom. The van der Waals surface area contributed by atoms with Crippen LogP contribution in [-0.2, 0) is 6.18 Å². The van der Waals surface area contributed by atoms with E-state index >= 15 is 0 Å². The quantitative estimate of drug-likeness (QED) is 0.739. The molecule has 136 valence electrons. The summed E-state index contributed by atoms with van der Waals surface area (Å²) in [5.74, 6) is 0. The molecule has 0 saturated carbocycles. The Balaban J connectivity index is 2.92. The van der Waals surface area contributed by atoms with Crippen molar-refractivity contribution in [2.24, 2.45) is 0 Å². The number of carbonyl (C=O) groups is 1. The van der Waals surface area contributed by atoms with Gasteiger partial charge in [0, 0.05) is 26.3 Å². The minimum atomic E-state index is -4.60. The Bertz CT molecular complexity index is 570. The molecule has 0 fully saturated rings. The largest absolute Gasteiger partial charge is 0.418 e. The lowest BCUT2D eigenvalue weighted by Crippen LogP contribution is -2.43. The highest BCUT2D eigenvalue weighted by molar-refractivity contribution is 5.90. The van der Waals surface area contributed by atoms with Crippen LogP contribution in [0.2, 0.25) is 0 Å². The minimum Gasteiger partial charge on any atom is -0.388 e. The van der Waals surface area contributed by atoms with E-state index in [9.17, 15) is 23.1 Å². The summed E-state index contributed by atoms with van der Waals surface area (Å²) in [6, 6.07) is 2.88. The van der Waals surface area contributed by atoms with Gasteiger partial charge in [-0.1, -0.05) is 13.8 Å². The van der Waals surface area contributed by atoms with Gasteiger partial charge in [-0.2, -0.15) is 13.2 Å². The van der Waals surface area contributed by atoms with Gasteiger partial charge in [0.15, 0.2) is 0 Å². The van der Waals surface area contributed by atoms with Gasteiger partial charge in [0.05, 0.1) is 16.9 Å². The van der Waals surface area contributed by atoms with Gasteiger partial charge in [-0.3, -0.25) is 0 Å². The highest BCUT2D eigenvalue weighted by Crippen LogP contribution is 2.37. The third-order valence-electron chi connectivity index (χ3n) is 3.97. The zero-order valence-corrected chi connectivity index (χ0v) is 14.3. The van der Waals surface area contributed by atoms with Crippen molar-refractivity contribution in [1.82, 2.24) is 5.32 Å². The molecule has 0 aliphatic carbocycles. The summed E-state index contributed by atoms with van der Waals surface area (Å²) in [6.07, 6.45) is -3.74. The Labute approximate surface area is 139 Å². The molecule has 0 aromatic heterocycles. The number of benzene rings is 1. The van der Waals surface area contributed by atoms with Crippen molar-refractivity contribution in [3.63, 3.8) is 0 Å². The third kappa shape index (κ3) is 5.30. The molecule has 0 saturated heterocycles. The molecule has 0 aliphatic rings. The van der Waals surface area contributed by atoms with Gasteiger partial charge in [-0.25, -0.2) is 4.79 Å². The number of hydrogen-bond donors (Lipinski definition) is 3. The molecule has 0 atom stereocenters. The monoisotopic (exact) mass is 347 g/mol. The Hall–Kier alpha value is -1.96. The SMILES string of the molecule is CCC(O)(CC)CNC(=O)Nc1ccc(N(C)C)cc1C(F)(F)F. The molecule has 24 heavy (non-hydrogen) atoms. The van der Waals surface area contributed by atoms with Crippen LogP contribution >= 0.6 is 0 Å². The fourth-order valence-electron chi connectivity index (χ4n) is 2.07. The first-order valence-electron chi connectivity index (χ1n) is 7.68. The topological polar surface area (TPSA) is 64.6 Å². The number of hydrogen-bond acceptors (Lipinski definition) is 3. The Morgan fingerprint density at radius 2 is 1.79 bits per heavy atom. The lowest BCUT2D eigenvalue weighted by molar-refractivity contribution is -0.136. The highest BCUT2D eigenvalue weighted by atomic mass is 19.4. The first-order chi connectivity index (χ1) is 11.0. The zero-order valence-electron chi connectivity index (χ0n) is 14.3. The van der Waals surface area contributed by atoms with Crippen LogP contribution in [0.5, 0.6) is 0 Å². The first kappa shape index (κ1) is 20.1. The number of amides is 2. The van der Waals surface area contributed by atoms with Gasteiger partial charge in [0.2, 0.25) is 0 Å². The number of nitrogens with zero attached hydrogens (tertiary/aromatic N) is 1. The molecular formula is C16H24F3N3O2. The highest BCUT2D eigenvalue weighted by Gasteiger charge is 2.34. The smallest absolute Gasteiger partial charge is 0.388 e. The van der Waals surface area contributed by atoms with Crippen molar-refractivity contribution < 1.29 is 23.1 Å².